The second-order valence-corrected chi connectivity index (χ2v) is 3.24. The van der Waals surface area contributed by atoms with Gasteiger partial charge in [0.25, 0.3) is 0 Å². The summed E-state index contributed by atoms with van der Waals surface area (Å²) in [6, 6.07) is 4.55. The number of aromatic nitrogens is 1. The molecule has 1 heterocycles. The first-order valence-electron chi connectivity index (χ1n) is 4.51. The van der Waals surface area contributed by atoms with Gasteiger partial charge < -0.3 is 9.73 Å². The molecule has 2 aromatic rings. The van der Waals surface area contributed by atoms with Crippen LogP contribution in [0.5, 0.6) is 0 Å². The van der Waals surface area contributed by atoms with Crippen LogP contribution in [0.2, 0.25) is 0 Å². The quantitative estimate of drug-likeness (QED) is 0.753. The third-order valence-electron chi connectivity index (χ3n) is 1.98. The number of anilines is 1. The second kappa shape index (κ2) is 3.65. The first-order chi connectivity index (χ1) is 7.56. The van der Waals surface area contributed by atoms with E-state index in [1.54, 1.807) is 6.07 Å². The maximum atomic E-state index is 11.3. The Labute approximate surface area is 91.9 Å². The highest BCUT2D eigenvalue weighted by Crippen LogP contribution is 2.13. The van der Waals surface area contributed by atoms with Crippen LogP contribution in [0.4, 0.5) is 5.69 Å². The predicted octanol–water partition coefficient (Wildman–Crippen LogP) is 0.932. The molecule has 0 atom stereocenters. The standard InChI is InChI=1S/C10H8N2O4.2H2/c1-5(13)11-6-2-3-8-7(4-6)9(14)16-10(15)12-8;;/h2-4H,1H3,(H,11,13)(H,12,15);2*1H. The minimum atomic E-state index is -0.801. The smallest absolute Gasteiger partial charge is 0.372 e. The van der Waals surface area contributed by atoms with Gasteiger partial charge in [0.1, 0.15) is 0 Å². The second-order valence-electron chi connectivity index (χ2n) is 3.24. The lowest BCUT2D eigenvalue weighted by Gasteiger charge is -2.02. The van der Waals surface area contributed by atoms with Crippen molar-refractivity contribution in [1.82, 2.24) is 4.98 Å². The molecule has 1 aromatic heterocycles. The van der Waals surface area contributed by atoms with Crippen LogP contribution in [0.3, 0.4) is 0 Å². The molecule has 0 aliphatic carbocycles. The van der Waals surface area contributed by atoms with Gasteiger partial charge >= 0.3 is 11.4 Å². The van der Waals surface area contributed by atoms with Gasteiger partial charge in [0.15, 0.2) is 0 Å². The maximum absolute atomic E-state index is 11.3. The number of rotatable bonds is 1. The van der Waals surface area contributed by atoms with Gasteiger partial charge in [-0.1, -0.05) is 0 Å². The molecule has 0 spiro atoms. The van der Waals surface area contributed by atoms with Crippen LogP contribution in [0.25, 0.3) is 10.9 Å². The van der Waals surface area contributed by atoms with Crippen LogP contribution in [-0.2, 0) is 4.79 Å². The molecule has 0 radical (unpaired) electrons. The molecular weight excluding hydrogens is 212 g/mol. The van der Waals surface area contributed by atoms with E-state index in [4.69, 9.17) is 0 Å². The van der Waals surface area contributed by atoms with E-state index < -0.39 is 11.4 Å². The van der Waals surface area contributed by atoms with Crippen molar-refractivity contribution in [2.45, 2.75) is 6.92 Å². The number of benzene rings is 1. The number of hydrogen-bond donors (Lipinski definition) is 2. The van der Waals surface area contributed by atoms with Crippen LogP contribution in [0, 0.1) is 0 Å². The molecule has 2 rings (SSSR count). The molecule has 6 nitrogen and oxygen atoms in total. The summed E-state index contributed by atoms with van der Waals surface area (Å²) in [5.74, 6) is -1.04. The molecule has 0 bridgehead atoms. The first-order valence-corrected chi connectivity index (χ1v) is 4.51. The molecule has 0 fully saturated rings. The zero-order valence-electron chi connectivity index (χ0n) is 8.37. The van der Waals surface area contributed by atoms with Gasteiger partial charge in [0.2, 0.25) is 5.91 Å². The van der Waals surface area contributed by atoms with Crippen LogP contribution in [-0.4, -0.2) is 10.9 Å². The molecule has 0 unspecified atom stereocenters. The summed E-state index contributed by atoms with van der Waals surface area (Å²) in [7, 11) is 0. The Balaban J connectivity index is 0.00000144. The highest BCUT2D eigenvalue weighted by Gasteiger charge is 2.04. The number of H-pyrrole nitrogens is 1. The van der Waals surface area contributed by atoms with Gasteiger partial charge in [-0.25, -0.2) is 9.59 Å². The van der Waals surface area contributed by atoms with Crippen molar-refractivity contribution in [2.24, 2.45) is 0 Å². The largest absolute Gasteiger partial charge is 0.419 e. The minimum absolute atomic E-state index is 0. The average molecular weight is 224 g/mol. The van der Waals surface area contributed by atoms with Gasteiger partial charge in [-0.2, -0.15) is 0 Å². The highest BCUT2D eigenvalue weighted by atomic mass is 16.4. The van der Waals surface area contributed by atoms with Crippen LogP contribution < -0.4 is 16.7 Å². The molecule has 0 saturated carbocycles. The molecule has 0 aliphatic heterocycles. The summed E-state index contributed by atoms with van der Waals surface area (Å²) >= 11 is 0. The molecule has 0 aliphatic rings. The van der Waals surface area contributed by atoms with Gasteiger partial charge in [-0.3, -0.25) is 9.78 Å². The number of aromatic amines is 1. The molecule has 6 heteroatoms. The number of carbonyl (C=O) groups excluding carboxylic acids is 1. The van der Waals surface area contributed by atoms with E-state index in [2.05, 4.69) is 14.7 Å². The monoisotopic (exact) mass is 224 g/mol. The van der Waals surface area contributed by atoms with Crippen molar-refractivity contribution in [3.8, 4) is 0 Å². The number of hydrogen-bond acceptors (Lipinski definition) is 4. The number of amides is 1. The number of fused-ring (bicyclic) bond motifs is 1. The Morgan fingerprint density at radius 3 is 2.88 bits per heavy atom. The average Bonchev–Trinajstić information content (AvgIpc) is 2.18. The lowest BCUT2D eigenvalue weighted by atomic mass is 10.2. The normalized spacial score (nSPS) is 10.3. The van der Waals surface area contributed by atoms with E-state index in [0.717, 1.165) is 0 Å². The van der Waals surface area contributed by atoms with Gasteiger partial charge in [-0.15, -0.1) is 0 Å². The Morgan fingerprint density at radius 2 is 2.19 bits per heavy atom. The Hall–Kier alpha value is -2.37. The van der Waals surface area contributed by atoms with Gasteiger partial charge in [0, 0.05) is 15.5 Å². The van der Waals surface area contributed by atoms with Crippen molar-refractivity contribution in [2.75, 3.05) is 5.32 Å². The Morgan fingerprint density at radius 1 is 1.44 bits per heavy atom. The third kappa shape index (κ3) is 1.85. The Bertz CT molecular complexity index is 677. The van der Waals surface area contributed by atoms with E-state index in [1.165, 1.54) is 19.1 Å². The van der Waals surface area contributed by atoms with Crippen LogP contribution in [0.1, 0.15) is 9.78 Å². The fourth-order valence-electron chi connectivity index (χ4n) is 1.38. The predicted molar refractivity (Wildman–Crippen MR) is 61.6 cm³/mol. The van der Waals surface area contributed by atoms with Crippen LogP contribution >= 0.6 is 0 Å². The zero-order valence-corrected chi connectivity index (χ0v) is 8.37. The van der Waals surface area contributed by atoms with E-state index in [1.807, 2.05) is 0 Å². The highest BCUT2D eigenvalue weighted by molar-refractivity contribution is 5.91. The molecule has 0 saturated heterocycles. The summed E-state index contributed by atoms with van der Waals surface area (Å²) in [6.07, 6.45) is 0. The first kappa shape index (κ1) is 10.2. The molecule has 1 aromatic carbocycles. The van der Waals surface area contributed by atoms with Crippen LogP contribution in [0.15, 0.2) is 32.2 Å². The Kier molecular flexibility index (Phi) is 2.32. The lowest BCUT2D eigenvalue weighted by molar-refractivity contribution is -0.114. The van der Waals surface area contributed by atoms with Gasteiger partial charge in [-0.05, 0) is 18.2 Å². The van der Waals surface area contributed by atoms with E-state index in [9.17, 15) is 14.4 Å². The SMILES string of the molecule is CC(=O)Nc1ccc2[nH]c(=O)oc(=O)c2c1.[HH].[HH]. The third-order valence-corrected chi connectivity index (χ3v) is 1.98. The summed E-state index contributed by atoms with van der Waals surface area (Å²) in [5, 5.41) is 2.74. The zero-order chi connectivity index (χ0) is 11.7. The number of carbonyl (C=O) groups is 1. The topological polar surface area (TPSA) is 92.2 Å². The maximum Gasteiger partial charge on any atom is 0.419 e. The minimum Gasteiger partial charge on any atom is -0.372 e. The van der Waals surface area contributed by atoms with Crippen molar-refractivity contribution in [3.63, 3.8) is 0 Å². The summed E-state index contributed by atoms with van der Waals surface area (Å²) in [4.78, 5) is 35.4. The van der Waals surface area contributed by atoms with Crippen molar-refractivity contribution in [3.05, 3.63) is 39.2 Å². The summed E-state index contributed by atoms with van der Waals surface area (Å²) < 4.78 is 4.37. The summed E-state index contributed by atoms with van der Waals surface area (Å²) in [6.45, 7) is 1.36. The van der Waals surface area contributed by atoms with E-state index >= 15 is 0 Å². The van der Waals surface area contributed by atoms with Crippen molar-refractivity contribution in [1.29, 1.82) is 0 Å². The molecule has 86 valence electrons. The lowest BCUT2D eigenvalue weighted by Crippen LogP contribution is -2.15. The fourth-order valence-corrected chi connectivity index (χ4v) is 1.38. The van der Waals surface area contributed by atoms with Gasteiger partial charge in [0.05, 0.1) is 10.9 Å². The van der Waals surface area contributed by atoms with Crippen molar-refractivity contribution >= 4 is 22.5 Å². The van der Waals surface area contributed by atoms with E-state index in [-0.39, 0.29) is 14.1 Å². The molecule has 1 amide bonds. The fraction of sp³-hybridized carbons (Fsp3) is 0.100. The molecule has 2 N–H and O–H groups in total. The summed E-state index contributed by atoms with van der Waals surface area (Å²) in [5.41, 5.74) is 0.112. The molecule has 16 heavy (non-hydrogen) atoms. The van der Waals surface area contributed by atoms with Crippen molar-refractivity contribution < 1.29 is 12.1 Å². The number of nitrogens with one attached hydrogen (secondary N) is 2. The van der Waals surface area contributed by atoms with E-state index in [0.29, 0.717) is 11.2 Å². The molecular formula is C10H12N2O4.